The number of nitrogens with zero attached hydrogens (tertiary/aromatic N) is 1. The third kappa shape index (κ3) is 2.62. The Morgan fingerprint density at radius 3 is 2.83 bits per heavy atom. The topological polar surface area (TPSA) is 67.0 Å². The Hall–Kier alpha value is -1.20. The summed E-state index contributed by atoms with van der Waals surface area (Å²) in [5.41, 5.74) is 0.288. The summed E-state index contributed by atoms with van der Waals surface area (Å²) in [7, 11) is 1.84. The summed E-state index contributed by atoms with van der Waals surface area (Å²) in [6, 6.07) is 1.54. The zero-order chi connectivity index (χ0) is 13.0. The van der Waals surface area contributed by atoms with E-state index in [2.05, 4.69) is 15.3 Å². The van der Waals surface area contributed by atoms with Gasteiger partial charge < -0.3 is 15.0 Å². The highest BCUT2D eigenvalue weighted by atomic mass is 16.5. The molecule has 0 aromatic carbocycles. The van der Waals surface area contributed by atoms with E-state index in [1.165, 1.54) is 6.07 Å². The van der Waals surface area contributed by atoms with Gasteiger partial charge in [-0.3, -0.25) is 4.79 Å². The van der Waals surface area contributed by atoms with Crippen LogP contribution in [0.5, 0.6) is 0 Å². The summed E-state index contributed by atoms with van der Waals surface area (Å²) >= 11 is 0. The first-order valence-electron chi connectivity index (χ1n) is 6.59. The van der Waals surface area contributed by atoms with Gasteiger partial charge in [0.15, 0.2) is 0 Å². The number of ether oxygens (including phenoxy) is 1. The molecule has 0 atom stereocenters. The SMILES string of the molecule is CCOC1(c2nc(CNC)cc(=O)[nH]2)CCCC1. The highest BCUT2D eigenvalue weighted by Gasteiger charge is 2.38. The van der Waals surface area contributed by atoms with Gasteiger partial charge in [-0.05, 0) is 39.7 Å². The van der Waals surface area contributed by atoms with E-state index in [4.69, 9.17) is 4.74 Å². The van der Waals surface area contributed by atoms with E-state index >= 15 is 0 Å². The van der Waals surface area contributed by atoms with Crippen molar-refractivity contribution in [2.45, 2.75) is 44.8 Å². The minimum Gasteiger partial charge on any atom is -0.367 e. The van der Waals surface area contributed by atoms with Crippen LogP contribution in [-0.2, 0) is 16.9 Å². The van der Waals surface area contributed by atoms with Gasteiger partial charge in [-0.15, -0.1) is 0 Å². The molecule has 1 aromatic heterocycles. The maximum atomic E-state index is 11.7. The lowest BCUT2D eigenvalue weighted by molar-refractivity contribution is -0.0460. The molecule has 1 aliphatic rings. The predicted molar refractivity (Wildman–Crippen MR) is 69.4 cm³/mol. The Balaban J connectivity index is 2.38. The standard InChI is InChI=1S/C13H21N3O2/c1-3-18-13(6-4-5-7-13)12-15-10(9-14-2)8-11(17)16-12/h8,14H,3-7,9H2,1-2H3,(H,15,16,17). The minimum atomic E-state index is -0.377. The lowest BCUT2D eigenvalue weighted by Crippen LogP contribution is -2.32. The van der Waals surface area contributed by atoms with Gasteiger partial charge in [0.2, 0.25) is 0 Å². The van der Waals surface area contributed by atoms with Crippen LogP contribution in [-0.4, -0.2) is 23.6 Å². The van der Waals surface area contributed by atoms with Crippen molar-refractivity contribution in [1.29, 1.82) is 0 Å². The monoisotopic (exact) mass is 251 g/mol. The Labute approximate surface area is 107 Å². The third-order valence-electron chi connectivity index (χ3n) is 3.42. The molecule has 18 heavy (non-hydrogen) atoms. The molecule has 0 spiro atoms. The molecular formula is C13H21N3O2. The second kappa shape index (κ2) is 5.63. The number of nitrogens with one attached hydrogen (secondary N) is 2. The van der Waals surface area contributed by atoms with Crippen LogP contribution in [0.1, 0.15) is 44.1 Å². The molecule has 1 heterocycles. The molecule has 1 aromatic rings. The van der Waals surface area contributed by atoms with Crippen molar-refractivity contribution in [2.75, 3.05) is 13.7 Å². The quantitative estimate of drug-likeness (QED) is 0.827. The number of aromatic amines is 1. The fourth-order valence-electron chi connectivity index (χ4n) is 2.67. The van der Waals surface area contributed by atoms with E-state index in [-0.39, 0.29) is 11.2 Å². The molecule has 0 bridgehead atoms. The summed E-state index contributed by atoms with van der Waals surface area (Å²) in [6.45, 7) is 3.22. The summed E-state index contributed by atoms with van der Waals surface area (Å²) in [5.74, 6) is 0.694. The van der Waals surface area contributed by atoms with Crippen molar-refractivity contribution in [3.05, 3.63) is 27.9 Å². The molecule has 2 N–H and O–H groups in total. The van der Waals surface area contributed by atoms with Gasteiger partial charge in [-0.2, -0.15) is 0 Å². The molecular weight excluding hydrogens is 230 g/mol. The van der Waals surface area contributed by atoms with Crippen LogP contribution < -0.4 is 10.9 Å². The van der Waals surface area contributed by atoms with Gasteiger partial charge in [0, 0.05) is 19.2 Å². The van der Waals surface area contributed by atoms with E-state index in [1.54, 1.807) is 0 Å². The number of rotatable bonds is 5. The highest BCUT2D eigenvalue weighted by molar-refractivity contribution is 5.10. The zero-order valence-electron chi connectivity index (χ0n) is 11.1. The molecule has 5 heteroatoms. The lowest BCUT2D eigenvalue weighted by atomic mass is 10.0. The van der Waals surface area contributed by atoms with E-state index < -0.39 is 0 Å². The van der Waals surface area contributed by atoms with Gasteiger partial charge >= 0.3 is 0 Å². The normalized spacial score (nSPS) is 18.1. The van der Waals surface area contributed by atoms with Crippen molar-refractivity contribution >= 4 is 0 Å². The summed E-state index contributed by atoms with van der Waals surface area (Å²) in [5, 5.41) is 3.02. The fourth-order valence-corrected chi connectivity index (χ4v) is 2.67. The van der Waals surface area contributed by atoms with E-state index in [1.807, 2.05) is 14.0 Å². The van der Waals surface area contributed by atoms with Crippen LogP contribution in [0.15, 0.2) is 10.9 Å². The maximum Gasteiger partial charge on any atom is 0.251 e. The van der Waals surface area contributed by atoms with Crippen LogP contribution in [0.3, 0.4) is 0 Å². The first-order valence-corrected chi connectivity index (χ1v) is 6.59. The minimum absolute atomic E-state index is 0.101. The molecule has 0 radical (unpaired) electrons. The summed E-state index contributed by atoms with van der Waals surface area (Å²) in [6.07, 6.45) is 4.12. The fraction of sp³-hybridized carbons (Fsp3) is 0.692. The van der Waals surface area contributed by atoms with Crippen molar-refractivity contribution in [3.63, 3.8) is 0 Å². The van der Waals surface area contributed by atoms with Crippen molar-refractivity contribution in [1.82, 2.24) is 15.3 Å². The Morgan fingerprint density at radius 2 is 2.22 bits per heavy atom. The van der Waals surface area contributed by atoms with E-state index in [0.717, 1.165) is 31.4 Å². The van der Waals surface area contributed by atoms with E-state index in [0.29, 0.717) is 19.0 Å². The van der Waals surface area contributed by atoms with Gasteiger partial charge in [-0.1, -0.05) is 0 Å². The molecule has 1 fully saturated rings. The molecule has 1 aliphatic carbocycles. The van der Waals surface area contributed by atoms with E-state index in [9.17, 15) is 4.79 Å². The van der Waals surface area contributed by atoms with Crippen LogP contribution in [0.4, 0.5) is 0 Å². The van der Waals surface area contributed by atoms with Gasteiger partial charge in [0.1, 0.15) is 11.4 Å². The summed E-state index contributed by atoms with van der Waals surface area (Å²) in [4.78, 5) is 19.1. The first kappa shape index (κ1) is 13.2. The van der Waals surface area contributed by atoms with Crippen molar-refractivity contribution in [2.24, 2.45) is 0 Å². The third-order valence-corrected chi connectivity index (χ3v) is 3.42. The van der Waals surface area contributed by atoms with Crippen molar-refractivity contribution in [3.8, 4) is 0 Å². The smallest absolute Gasteiger partial charge is 0.251 e. The zero-order valence-corrected chi connectivity index (χ0v) is 11.1. The molecule has 0 unspecified atom stereocenters. The average molecular weight is 251 g/mol. The maximum absolute atomic E-state index is 11.7. The number of hydrogen-bond acceptors (Lipinski definition) is 4. The molecule has 5 nitrogen and oxygen atoms in total. The second-order valence-electron chi connectivity index (χ2n) is 4.75. The number of aromatic nitrogens is 2. The van der Waals surface area contributed by atoms with Crippen LogP contribution >= 0.6 is 0 Å². The van der Waals surface area contributed by atoms with Gasteiger partial charge in [-0.25, -0.2) is 4.98 Å². The number of H-pyrrole nitrogens is 1. The van der Waals surface area contributed by atoms with Gasteiger partial charge in [0.05, 0.1) is 5.69 Å². The average Bonchev–Trinajstić information content (AvgIpc) is 2.79. The summed E-state index contributed by atoms with van der Waals surface area (Å²) < 4.78 is 5.91. The molecule has 0 saturated heterocycles. The lowest BCUT2D eigenvalue weighted by Gasteiger charge is -2.27. The first-order chi connectivity index (χ1) is 8.70. The predicted octanol–water partition coefficient (Wildman–Crippen LogP) is 1.30. The molecule has 1 saturated carbocycles. The number of hydrogen-bond donors (Lipinski definition) is 2. The molecule has 0 amide bonds. The molecule has 100 valence electrons. The van der Waals surface area contributed by atoms with Gasteiger partial charge in [0.25, 0.3) is 5.56 Å². The Kier molecular flexibility index (Phi) is 4.14. The molecule has 2 rings (SSSR count). The Morgan fingerprint density at radius 1 is 1.50 bits per heavy atom. The molecule has 0 aliphatic heterocycles. The Bertz CT molecular complexity index is 450. The highest BCUT2D eigenvalue weighted by Crippen LogP contribution is 2.40. The second-order valence-corrected chi connectivity index (χ2v) is 4.75. The van der Waals surface area contributed by atoms with Crippen LogP contribution in [0.25, 0.3) is 0 Å². The van der Waals surface area contributed by atoms with Crippen molar-refractivity contribution < 1.29 is 4.74 Å². The van der Waals surface area contributed by atoms with Crippen LogP contribution in [0, 0.1) is 0 Å². The largest absolute Gasteiger partial charge is 0.367 e. The van der Waals surface area contributed by atoms with Crippen LogP contribution in [0.2, 0.25) is 0 Å².